The summed E-state index contributed by atoms with van der Waals surface area (Å²) >= 11 is 0. The first-order chi connectivity index (χ1) is 9.20. The van der Waals surface area contributed by atoms with Crippen molar-refractivity contribution in [3.63, 3.8) is 0 Å². The second kappa shape index (κ2) is 6.92. The molecule has 0 radical (unpaired) electrons. The van der Waals surface area contributed by atoms with Crippen LogP contribution in [0, 0.1) is 0 Å². The summed E-state index contributed by atoms with van der Waals surface area (Å²) in [7, 11) is 4.15. The minimum absolute atomic E-state index is 0.505. The van der Waals surface area contributed by atoms with Crippen molar-refractivity contribution < 1.29 is 0 Å². The number of nitrogens with zero attached hydrogens (tertiary/aromatic N) is 2. The number of hydrogen-bond acceptors (Lipinski definition) is 3. The van der Waals surface area contributed by atoms with Gasteiger partial charge in [-0.2, -0.15) is 0 Å². The molecule has 2 rings (SSSR count). The Balaban J connectivity index is 1.97. The molecule has 1 unspecified atom stereocenters. The van der Waals surface area contributed by atoms with Gasteiger partial charge in [-0.15, -0.1) is 0 Å². The van der Waals surface area contributed by atoms with Crippen molar-refractivity contribution in [1.29, 1.82) is 0 Å². The van der Waals surface area contributed by atoms with Crippen molar-refractivity contribution in [2.45, 2.75) is 31.7 Å². The van der Waals surface area contributed by atoms with Crippen LogP contribution < -0.4 is 10.6 Å². The van der Waals surface area contributed by atoms with E-state index in [-0.39, 0.29) is 0 Å². The zero-order valence-electron chi connectivity index (χ0n) is 12.3. The van der Waals surface area contributed by atoms with E-state index < -0.39 is 0 Å². The molecule has 0 bridgehead atoms. The summed E-state index contributed by atoms with van der Waals surface area (Å²) < 4.78 is 0. The summed E-state index contributed by atoms with van der Waals surface area (Å²) in [6.45, 7) is 3.20. The Hall–Kier alpha value is -1.06. The number of likely N-dealkylation sites (tertiary alicyclic amines) is 1. The number of nitrogens with two attached hydrogens (primary N) is 1. The van der Waals surface area contributed by atoms with E-state index in [1.54, 1.807) is 0 Å². The summed E-state index contributed by atoms with van der Waals surface area (Å²) in [5, 5.41) is 0. The molecule has 1 aromatic carbocycles. The van der Waals surface area contributed by atoms with E-state index >= 15 is 0 Å². The first-order valence-electron chi connectivity index (χ1n) is 7.41. The van der Waals surface area contributed by atoms with Crippen molar-refractivity contribution in [3.8, 4) is 0 Å². The Labute approximate surface area is 117 Å². The van der Waals surface area contributed by atoms with Crippen LogP contribution in [0.5, 0.6) is 0 Å². The van der Waals surface area contributed by atoms with Gasteiger partial charge in [0.25, 0.3) is 0 Å². The van der Waals surface area contributed by atoms with Crippen LogP contribution in [0.15, 0.2) is 24.3 Å². The Morgan fingerprint density at radius 3 is 2.26 bits per heavy atom. The maximum Gasteiger partial charge on any atom is 0.0361 e. The topological polar surface area (TPSA) is 32.5 Å². The number of piperidine rings is 1. The molecule has 0 spiro atoms. The molecule has 2 N–H and O–H groups in total. The van der Waals surface area contributed by atoms with Crippen LogP contribution in [0.1, 0.15) is 24.8 Å². The highest BCUT2D eigenvalue weighted by Crippen LogP contribution is 2.17. The predicted octanol–water partition coefficient (Wildman–Crippen LogP) is 2.11. The van der Waals surface area contributed by atoms with Gasteiger partial charge in [0.05, 0.1) is 0 Å². The highest BCUT2D eigenvalue weighted by Gasteiger charge is 2.19. The Bertz CT molecular complexity index is 366. The van der Waals surface area contributed by atoms with Crippen molar-refractivity contribution in [2.75, 3.05) is 38.6 Å². The van der Waals surface area contributed by atoms with Crippen LogP contribution in [0.2, 0.25) is 0 Å². The van der Waals surface area contributed by atoms with Gasteiger partial charge in [-0.1, -0.05) is 18.6 Å². The van der Waals surface area contributed by atoms with Crippen LogP contribution in [0.25, 0.3) is 0 Å². The van der Waals surface area contributed by atoms with E-state index in [1.165, 1.54) is 43.6 Å². The van der Waals surface area contributed by atoms with E-state index in [2.05, 4.69) is 48.2 Å². The summed E-state index contributed by atoms with van der Waals surface area (Å²) in [5.41, 5.74) is 8.63. The molecule has 19 heavy (non-hydrogen) atoms. The Kier molecular flexibility index (Phi) is 5.23. The Morgan fingerprint density at radius 1 is 1.11 bits per heavy atom. The largest absolute Gasteiger partial charge is 0.378 e. The lowest BCUT2D eigenvalue weighted by atomic mass is 10.0. The van der Waals surface area contributed by atoms with Gasteiger partial charge >= 0.3 is 0 Å². The molecule has 1 heterocycles. The minimum atomic E-state index is 0.505. The third kappa shape index (κ3) is 3.95. The first-order valence-corrected chi connectivity index (χ1v) is 7.41. The summed E-state index contributed by atoms with van der Waals surface area (Å²) in [6.07, 6.45) is 5.11. The Morgan fingerprint density at radius 2 is 1.74 bits per heavy atom. The molecule has 1 atom stereocenters. The molecular formula is C16H27N3. The number of anilines is 1. The van der Waals surface area contributed by atoms with Gasteiger partial charge in [0, 0.05) is 32.4 Å². The molecule has 3 heteroatoms. The molecule has 3 nitrogen and oxygen atoms in total. The van der Waals surface area contributed by atoms with Crippen LogP contribution in [0.4, 0.5) is 5.69 Å². The van der Waals surface area contributed by atoms with Gasteiger partial charge in [0.2, 0.25) is 0 Å². The monoisotopic (exact) mass is 261 g/mol. The van der Waals surface area contributed by atoms with Crippen molar-refractivity contribution in [2.24, 2.45) is 5.73 Å². The average molecular weight is 261 g/mol. The lowest BCUT2D eigenvalue weighted by Crippen LogP contribution is -2.44. The number of hydrogen-bond donors (Lipinski definition) is 1. The zero-order chi connectivity index (χ0) is 13.7. The van der Waals surface area contributed by atoms with Crippen LogP contribution in [-0.4, -0.2) is 44.7 Å². The molecule has 0 saturated carbocycles. The van der Waals surface area contributed by atoms with Crippen LogP contribution >= 0.6 is 0 Å². The van der Waals surface area contributed by atoms with Crippen molar-refractivity contribution >= 4 is 5.69 Å². The summed E-state index contributed by atoms with van der Waals surface area (Å²) in [6, 6.07) is 9.37. The molecule has 1 aliphatic rings. The second-order valence-corrected chi connectivity index (χ2v) is 5.75. The fraction of sp³-hybridized carbons (Fsp3) is 0.625. The zero-order valence-corrected chi connectivity index (χ0v) is 12.3. The highest BCUT2D eigenvalue weighted by atomic mass is 15.2. The third-order valence-corrected chi connectivity index (χ3v) is 4.10. The van der Waals surface area contributed by atoms with Gasteiger partial charge in [0.1, 0.15) is 0 Å². The van der Waals surface area contributed by atoms with Gasteiger partial charge in [0.15, 0.2) is 0 Å². The molecule has 106 valence electrons. The molecule has 0 aliphatic carbocycles. The van der Waals surface area contributed by atoms with Gasteiger partial charge < -0.3 is 10.6 Å². The molecule has 1 saturated heterocycles. The fourth-order valence-corrected chi connectivity index (χ4v) is 2.85. The molecule has 1 aliphatic heterocycles. The van der Waals surface area contributed by atoms with E-state index in [9.17, 15) is 0 Å². The van der Waals surface area contributed by atoms with Crippen LogP contribution in [0.3, 0.4) is 0 Å². The smallest absolute Gasteiger partial charge is 0.0361 e. The van der Waals surface area contributed by atoms with Crippen molar-refractivity contribution in [1.82, 2.24) is 4.90 Å². The van der Waals surface area contributed by atoms with E-state index in [4.69, 9.17) is 5.73 Å². The fourth-order valence-electron chi connectivity index (χ4n) is 2.85. The molecule has 1 fully saturated rings. The quantitative estimate of drug-likeness (QED) is 0.881. The highest BCUT2D eigenvalue weighted by molar-refractivity contribution is 5.46. The second-order valence-electron chi connectivity index (χ2n) is 5.75. The van der Waals surface area contributed by atoms with E-state index in [0.717, 1.165) is 13.0 Å². The normalized spacial score (nSPS) is 18.3. The van der Waals surface area contributed by atoms with E-state index in [1.807, 2.05) is 0 Å². The van der Waals surface area contributed by atoms with Crippen molar-refractivity contribution in [3.05, 3.63) is 29.8 Å². The van der Waals surface area contributed by atoms with Gasteiger partial charge in [-0.05, 0) is 50.0 Å². The molecule has 1 aromatic rings. The average Bonchev–Trinajstić information content (AvgIpc) is 2.46. The summed E-state index contributed by atoms with van der Waals surface area (Å²) in [4.78, 5) is 4.71. The third-order valence-electron chi connectivity index (χ3n) is 4.10. The predicted molar refractivity (Wildman–Crippen MR) is 82.7 cm³/mol. The summed E-state index contributed by atoms with van der Waals surface area (Å²) in [5.74, 6) is 0. The standard InChI is InChI=1S/C16H27N3/c1-18(2)15-8-6-14(7-9-15)12-16(13-17)19-10-4-3-5-11-19/h6-9,16H,3-5,10-13,17H2,1-2H3. The lowest BCUT2D eigenvalue weighted by molar-refractivity contribution is 0.166. The van der Waals surface area contributed by atoms with Gasteiger partial charge in [-0.3, -0.25) is 4.90 Å². The molecule has 0 amide bonds. The maximum atomic E-state index is 5.98. The minimum Gasteiger partial charge on any atom is -0.378 e. The maximum absolute atomic E-state index is 5.98. The first kappa shape index (κ1) is 14.4. The number of rotatable bonds is 5. The van der Waals surface area contributed by atoms with Crippen LogP contribution in [-0.2, 0) is 6.42 Å². The van der Waals surface area contributed by atoms with E-state index in [0.29, 0.717) is 6.04 Å². The molecule has 0 aromatic heterocycles. The molecular weight excluding hydrogens is 234 g/mol. The number of benzene rings is 1. The SMILES string of the molecule is CN(C)c1ccc(CC(CN)N2CCCCC2)cc1. The lowest BCUT2D eigenvalue weighted by Gasteiger charge is -2.34. The van der Waals surface area contributed by atoms with Gasteiger partial charge in [-0.25, -0.2) is 0 Å².